The Hall–Kier alpha value is -1.46. The fraction of sp³-hybridized carbons (Fsp3) is 0. The first kappa shape index (κ1) is 11.6. The van der Waals surface area contributed by atoms with Gasteiger partial charge in [0.2, 0.25) is 5.78 Å². The van der Waals surface area contributed by atoms with E-state index in [0.717, 1.165) is 4.47 Å². The molecule has 0 saturated heterocycles. The van der Waals surface area contributed by atoms with E-state index in [1.54, 1.807) is 22.9 Å². The van der Waals surface area contributed by atoms with E-state index in [2.05, 4.69) is 25.9 Å². The molecule has 0 atom stereocenters. The zero-order valence-electron chi connectivity index (χ0n) is 8.94. The summed E-state index contributed by atoms with van der Waals surface area (Å²) in [7, 11) is 0. The molecular formula is C12H6BrClFN3. The third-order valence-electron chi connectivity index (χ3n) is 2.49. The van der Waals surface area contributed by atoms with Crippen molar-refractivity contribution in [3.05, 3.63) is 52.1 Å². The van der Waals surface area contributed by atoms with Crippen LogP contribution in [0.4, 0.5) is 4.39 Å². The van der Waals surface area contributed by atoms with Crippen LogP contribution in [0.15, 0.2) is 41.3 Å². The number of imidazole rings is 1. The SMILES string of the molecule is Fc1ccc(-c2cn3cc(Br)cnc3n2)c(Cl)c1. The van der Waals surface area contributed by atoms with Crippen LogP contribution in [0.5, 0.6) is 0 Å². The maximum Gasteiger partial charge on any atom is 0.234 e. The molecule has 90 valence electrons. The lowest BCUT2D eigenvalue weighted by molar-refractivity contribution is 0.628. The van der Waals surface area contributed by atoms with E-state index in [1.807, 2.05) is 6.20 Å². The minimum absolute atomic E-state index is 0.331. The van der Waals surface area contributed by atoms with Gasteiger partial charge in [-0.15, -0.1) is 0 Å². The van der Waals surface area contributed by atoms with Gasteiger partial charge in [0.25, 0.3) is 0 Å². The molecule has 18 heavy (non-hydrogen) atoms. The Morgan fingerprint density at radius 2 is 2.11 bits per heavy atom. The highest BCUT2D eigenvalue weighted by Crippen LogP contribution is 2.27. The summed E-state index contributed by atoms with van der Waals surface area (Å²) in [6.45, 7) is 0. The Balaban J connectivity index is 2.19. The quantitative estimate of drug-likeness (QED) is 0.678. The maximum absolute atomic E-state index is 13.0. The molecule has 0 aliphatic rings. The number of rotatable bonds is 1. The van der Waals surface area contributed by atoms with E-state index < -0.39 is 0 Å². The Labute approximate surface area is 115 Å². The summed E-state index contributed by atoms with van der Waals surface area (Å²) < 4.78 is 15.6. The highest BCUT2D eigenvalue weighted by Gasteiger charge is 2.09. The third-order valence-corrected chi connectivity index (χ3v) is 3.21. The van der Waals surface area contributed by atoms with Gasteiger partial charge >= 0.3 is 0 Å². The molecule has 0 saturated carbocycles. The van der Waals surface area contributed by atoms with Gasteiger partial charge in [0.05, 0.1) is 15.2 Å². The van der Waals surface area contributed by atoms with E-state index in [9.17, 15) is 4.39 Å². The number of halogens is 3. The van der Waals surface area contributed by atoms with Crippen molar-refractivity contribution in [1.29, 1.82) is 0 Å². The van der Waals surface area contributed by atoms with Gasteiger partial charge in [0.1, 0.15) is 5.82 Å². The molecular weight excluding hydrogens is 321 g/mol. The smallest absolute Gasteiger partial charge is 0.234 e. The van der Waals surface area contributed by atoms with E-state index in [4.69, 9.17) is 11.6 Å². The largest absolute Gasteiger partial charge is 0.289 e. The molecule has 0 N–H and O–H groups in total. The number of nitrogens with zero attached hydrogens (tertiary/aromatic N) is 3. The second-order valence-corrected chi connectivity index (χ2v) is 5.05. The number of aromatic nitrogens is 3. The van der Waals surface area contributed by atoms with Crippen molar-refractivity contribution in [2.45, 2.75) is 0 Å². The van der Waals surface area contributed by atoms with E-state index in [0.29, 0.717) is 22.1 Å². The maximum atomic E-state index is 13.0. The number of fused-ring (bicyclic) bond motifs is 1. The summed E-state index contributed by atoms with van der Waals surface area (Å²) in [5, 5.41) is 0.331. The van der Waals surface area contributed by atoms with Crippen LogP contribution >= 0.6 is 27.5 Å². The van der Waals surface area contributed by atoms with Crippen LogP contribution in [-0.2, 0) is 0 Å². The molecule has 1 aromatic carbocycles. The van der Waals surface area contributed by atoms with Gasteiger partial charge in [0, 0.05) is 24.2 Å². The minimum Gasteiger partial charge on any atom is -0.289 e. The Morgan fingerprint density at radius 1 is 1.28 bits per heavy atom. The Bertz CT molecular complexity index is 741. The fourth-order valence-electron chi connectivity index (χ4n) is 1.69. The van der Waals surface area contributed by atoms with Crippen molar-refractivity contribution in [1.82, 2.24) is 14.4 Å². The summed E-state index contributed by atoms with van der Waals surface area (Å²) in [5.41, 5.74) is 1.34. The highest BCUT2D eigenvalue weighted by atomic mass is 79.9. The van der Waals surface area contributed by atoms with Gasteiger partial charge < -0.3 is 0 Å². The number of hydrogen-bond donors (Lipinski definition) is 0. The summed E-state index contributed by atoms with van der Waals surface area (Å²) in [6, 6.07) is 4.23. The van der Waals surface area contributed by atoms with Gasteiger partial charge in [-0.2, -0.15) is 0 Å². The Morgan fingerprint density at radius 3 is 2.89 bits per heavy atom. The number of hydrogen-bond acceptors (Lipinski definition) is 2. The minimum atomic E-state index is -0.367. The molecule has 0 amide bonds. The molecule has 0 unspecified atom stereocenters. The van der Waals surface area contributed by atoms with Crippen LogP contribution in [0.3, 0.4) is 0 Å². The molecule has 3 nitrogen and oxygen atoms in total. The molecule has 0 spiro atoms. The Kier molecular flexibility index (Phi) is 2.80. The van der Waals surface area contributed by atoms with Crippen molar-refractivity contribution >= 4 is 33.3 Å². The molecule has 0 fully saturated rings. The molecule has 3 aromatic rings. The van der Waals surface area contributed by atoms with Crippen LogP contribution in [-0.4, -0.2) is 14.4 Å². The molecule has 2 heterocycles. The zero-order valence-corrected chi connectivity index (χ0v) is 11.3. The van der Waals surface area contributed by atoms with Crippen molar-refractivity contribution in [2.24, 2.45) is 0 Å². The molecule has 6 heteroatoms. The fourth-order valence-corrected chi connectivity index (χ4v) is 2.27. The van der Waals surface area contributed by atoms with Crippen molar-refractivity contribution in [3.8, 4) is 11.3 Å². The predicted molar refractivity (Wildman–Crippen MR) is 71.1 cm³/mol. The first-order valence-corrected chi connectivity index (χ1v) is 6.26. The average molecular weight is 327 g/mol. The second kappa shape index (κ2) is 4.33. The lowest BCUT2D eigenvalue weighted by Gasteiger charge is -1.99. The monoisotopic (exact) mass is 325 g/mol. The van der Waals surface area contributed by atoms with Gasteiger partial charge in [-0.05, 0) is 34.1 Å². The molecule has 0 aliphatic carbocycles. The normalized spacial score (nSPS) is 11.1. The average Bonchev–Trinajstić information content (AvgIpc) is 2.71. The molecule has 2 aromatic heterocycles. The van der Waals surface area contributed by atoms with Crippen molar-refractivity contribution < 1.29 is 4.39 Å². The first-order valence-electron chi connectivity index (χ1n) is 5.09. The molecule has 0 radical (unpaired) electrons. The number of benzene rings is 1. The standard InChI is InChI=1S/C12H6BrClFN3/c13-7-4-16-12-17-11(6-18(12)5-7)9-2-1-8(15)3-10(9)14/h1-6H. The van der Waals surface area contributed by atoms with Gasteiger partial charge in [0.15, 0.2) is 0 Å². The molecule has 0 bridgehead atoms. The molecule has 3 rings (SSSR count). The van der Waals surface area contributed by atoms with Gasteiger partial charge in [-0.25, -0.2) is 14.4 Å². The van der Waals surface area contributed by atoms with Crippen molar-refractivity contribution in [2.75, 3.05) is 0 Å². The van der Waals surface area contributed by atoms with Crippen LogP contribution in [0.1, 0.15) is 0 Å². The third kappa shape index (κ3) is 2.00. The zero-order chi connectivity index (χ0) is 12.7. The lowest BCUT2D eigenvalue weighted by atomic mass is 10.2. The highest BCUT2D eigenvalue weighted by molar-refractivity contribution is 9.10. The lowest BCUT2D eigenvalue weighted by Crippen LogP contribution is -1.85. The summed E-state index contributed by atoms with van der Waals surface area (Å²) >= 11 is 9.34. The van der Waals surface area contributed by atoms with E-state index >= 15 is 0 Å². The van der Waals surface area contributed by atoms with Gasteiger partial charge in [-0.1, -0.05) is 11.6 Å². The van der Waals surface area contributed by atoms with Gasteiger partial charge in [-0.3, -0.25) is 4.40 Å². The van der Waals surface area contributed by atoms with E-state index in [1.165, 1.54) is 12.1 Å². The van der Waals surface area contributed by atoms with Crippen LogP contribution < -0.4 is 0 Å². The van der Waals surface area contributed by atoms with Crippen molar-refractivity contribution in [3.63, 3.8) is 0 Å². The van der Waals surface area contributed by atoms with Crippen LogP contribution in [0, 0.1) is 5.82 Å². The first-order chi connectivity index (χ1) is 8.63. The van der Waals surface area contributed by atoms with Crippen LogP contribution in [0.2, 0.25) is 5.02 Å². The molecule has 0 aliphatic heterocycles. The topological polar surface area (TPSA) is 30.2 Å². The van der Waals surface area contributed by atoms with E-state index in [-0.39, 0.29) is 5.82 Å². The second-order valence-electron chi connectivity index (χ2n) is 3.73. The summed E-state index contributed by atoms with van der Waals surface area (Å²) in [4.78, 5) is 8.50. The summed E-state index contributed by atoms with van der Waals surface area (Å²) in [6.07, 6.45) is 5.31. The summed E-state index contributed by atoms with van der Waals surface area (Å²) in [5.74, 6) is 0.196. The predicted octanol–water partition coefficient (Wildman–Crippen LogP) is 3.95. The van der Waals surface area contributed by atoms with Crippen LogP contribution in [0.25, 0.3) is 17.0 Å².